The Kier molecular flexibility index (Phi) is 9.51. The number of carbonyl (C=O) groups is 1. The van der Waals surface area contributed by atoms with Gasteiger partial charge in [0, 0.05) is 18.9 Å². The number of fused-ring (bicyclic) bond motifs is 3. The Labute approximate surface area is 211 Å². The van der Waals surface area contributed by atoms with Crippen molar-refractivity contribution in [2.24, 2.45) is 17.8 Å². The van der Waals surface area contributed by atoms with Crippen molar-refractivity contribution in [2.45, 2.75) is 100 Å². The van der Waals surface area contributed by atoms with Crippen LogP contribution in [-0.2, 0) is 14.3 Å². The monoisotopic (exact) mass is 516 g/mol. The highest BCUT2D eigenvalue weighted by atomic mass is 32.2. The second-order valence-electron chi connectivity index (χ2n) is 10.9. The van der Waals surface area contributed by atoms with Gasteiger partial charge >= 0.3 is 0 Å². The number of allylic oxidation sites excluding steroid dienone is 1. The number of amides is 1. The Morgan fingerprint density at radius 2 is 1.94 bits per heavy atom. The number of halogens is 1. The number of nitrogens with one attached hydrogen (secondary N) is 2. The van der Waals surface area contributed by atoms with Crippen LogP contribution < -0.4 is 10.6 Å². The van der Waals surface area contributed by atoms with Crippen molar-refractivity contribution in [3.05, 3.63) is 12.2 Å². The second kappa shape index (κ2) is 12.2. The van der Waals surface area contributed by atoms with Crippen molar-refractivity contribution in [2.75, 3.05) is 18.9 Å². The molecule has 3 saturated heterocycles. The van der Waals surface area contributed by atoms with Gasteiger partial charge < -0.3 is 35.4 Å². The number of hydrogen-bond acceptors (Lipinski definition) is 8. The van der Waals surface area contributed by atoms with E-state index in [9.17, 15) is 24.5 Å². The molecule has 0 aromatic rings. The number of rotatable bonds is 4. The summed E-state index contributed by atoms with van der Waals surface area (Å²) in [4.78, 5) is 13.4. The molecule has 1 amide bonds. The highest BCUT2D eigenvalue weighted by Gasteiger charge is 2.49. The standard InChI is InChI=1S/C25H41FN2O6S/c1-13(2)9-14-7-8-33-22-15(10-14)11-27-18(22)24(32)28-17-6-4-3-5-16(26)12-35-25-21(31)19(29)20(30)23(17)34-25/h3-4,13-23,25,27,29-31H,5-12H2,1-2H3,(H,28,32)/b4-3-/t14-,15-,16+,17+,18-,19?,20?,21?,22+,23?,25?/m0/s1. The van der Waals surface area contributed by atoms with Crippen molar-refractivity contribution >= 4 is 17.7 Å². The summed E-state index contributed by atoms with van der Waals surface area (Å²) in [5, 5.41) is 37.9. The largest absolute Gasteiger partial charge is 0.388 e. The summed E-state index contributed by atoms with van der Waals surface area (Å²) in [7, 11) is 0. The van der Waals surface area contributed by atoms with Gasteiger partial charge in [0.2, 0.25) is 5.91 Å². The summed E-state index contributed by atoms with van der Waals surface area (Å²) in [6.07, 6.45) is 0.740. The topological polar surface area (TPSA) is 120 Å². The van der Waals surface area contributed by atoms with Crippen molar-refractivity contribution < 1.29 is 34.0 Å². The zero-order chi connectivity index (χ0) is 25.1. The number of aliphatic hydroxyl groups excluding tert-OH is 3. The molecule has 200 valence electrons. The first-order valence-corrected chi connectivity index (χ1v) is 14.0. The first-order valence-electron chi connectivity index (χ1n) is 13.0. The fourth-order valence-electron chi connectivity index (χ4n) is 5.92. The molecule has 0 aromatic carbocycles. The molecule has 10 heteroatoms. The third-order valence-corrected chi connectivity index (χ3v) is 8.95. The number of hydrogen-bond donors (Lipinski definition) is 5. The lowest BCUT2D eigenvalue weighted by Gasteiger charge is -2.43. The van der Waals surface area contributed by atoms with Crippen molar-refractivity contribution in [1.82, 2.24) is 10.6 Å². The van der Waals surface area contributed by atoms with Crippen molar-refractivity contribution in [3.8, 4) is 0 Å². The molecule has 4 aliphatic heterocycles. The first-order chi connectivity index (χ1) is 16.7. The van der Waals surface area contributed by atoms with E-state index in [1.54, 1.807) is 12.2 Å². The first kappa shape index (κ1) is 27.3. The molecule has 5 N–H and O–H groups in total. The zero-order valence-electron chi connectivity index (χ0n) is 20.6. The molecule has 0 spiro atoms. The highest BCUT2D eigenvalue weighted by Crippen LogP contribution is 2.35. The lowest BCUT2D eigenvalue weighted by Crippen LogP contribution is -2.63. The minimum absolute atomic E-state index is 0.100. The lowest BCUT2D eigenvalue weighted by atomic mass is 9.85. The predicted molar refractivity (Wildman–Crippen MR) is 132 cm³/mol. The van der Waals surface area contributed by atoms with E-state index in [1.165, 1.54) is 0 Å². The molecule has 8 nitrogen and oxygen atoms in total. The molecule has 4 rings (SSSR count). The fourth-order valence-corrected chi connectivity index (χ4v) is 7.02. The van der Waals surface area contributed by atoms with Crippen LogP contribution in [0, 0.1) is 17.8 Å². The molecule has 2 bridgehead atoms. The Hall–Kier alpha value is -0.750. The maximum atomic E-state index is 14.2. The number of thioether (sulfide) groups is 1. The summed E-state index contributed by atoms with van der Waals surface area (Å²) < 4.78 is 26.3. The van der Waals surface area contributed by atoms with E-state index in [0.717, 1.165) is 31.0 Å². The molecular formula is C25H41FN2O6S. The van der Waals surface area contributed by atoms with Gasteiger partial charge in [-0.05, 0) is 49.9 Å². The third kappa shape index (κ3) is 6.58. The minimum Gasteiger partial charge on any atom is -0.388 e. The van der Waals surface area contributed by atoms with Crippen LogP contribution in [0.1, 0.15) is 46.0 Å². The summed E-state index contributed by atoms with van der Waals surface area (Å²) >= 11 is 1.08. The number of aliphatic hydroxyl groups is 3. The van der Waals surface area contributed by atoms with E-state index in [-0.39, 0.29) is 30.1 Å². The quantitative estimate of drug-likeness (QED) is 0.353. The molecule has 11 atom stereocenters. The van der Waals surface area contributed by atoms with Crippen LogP contribution in [0.5, 0.6) is 0 Å². The van der Waals surface area contributed by atoms with Crippen LogP contribution in [-0.4, -0.2) is 94.3 Å². The van der Waals surface area contributed by atoms with Gasteiger partial charge in [0.1, 0.15) is 42.1 Å². The van der Waals surface area contributed by atoms with E-state index in [1.807, 2.05) is 0 Å². The van der Waals surface area contributed by atoms with Crippen LogP contribution in [0.25, 0.3) is 0 Å². The molecule has 0 saturated carbocycles. The predicted octanol–water partition coefficient (Wildman–Crippen LogP) is 1.13. The molecular weight excluding hydrogens is 475 g/mol. The van der Waals surface area contributed by atoms with E-state index >= 15 is 0 Å². The maximum absolute atomic E-state index is 14.2. The van der Waals surface area contributed by atoms with Gasteiger partial charge in [0.05, 0.1) is 12.1 Å². The SMILES string of the molecule is CC(C)C[C@@H]1CCO[C@@H]2[C@H](CN[C@@H]2C(=O)N[C@@H]2C/C=C\C[C@@H](F)CSC3OC2C(O)C(O)C3O)C1. The van der Waals surface area contributed by atoms with Crippen LogP contribution >= 0.6 is 11.8 Å². The van der Waals surface area contributed by atoms with Gasteiger partial charge in [-0.2, -0.15) is 0 Å². The molecule has 0 aliphatic carbocycles. The molecule has 0 radical (unpaired) electrons. The van der Waals surface area contributed by atoms with E-state index < -0.39 is 48.1 Å². The smallest absolute Gasteiger partial charge is 0.240 e. The fraction of sp³-hybridized carbons (Fsp3) is 0.880. The molecule has 4 heterocycles. The molecule has 0 aromatic heterocycles. The van der Waals surface area contributed by atoms with Crippen molar-refractivity contribution in [1.29, 1.82) is 0 Å². The number of alkyl halides is 1. The van der Waals surface area contributed by atoms with Crippen LogP contribution in [0.4, 0.5) is 4.39 Å². The third-order valence-electron chi connectivity index (χ3n) is 7.67. The molecule has 3 fully saturated rings. The second-order valence-corrected chi connectivity index (χ2v) is 12.1. The Bertz CT molecular complexity index is 745. The Morgan fingerprint density at radius 3 is 2.71 bits per heavy atom. The summed E-state index contributed by atoms with van der Waals surface area (Å²) in [5.41, 5.74) is -0.897. The van der Waals surface area contributed by atoms with Crippen LogP contribution in [0.3, 0.4) is 0 Å². The van der Waals surface area contributed by atoms with Gasteiger partial charge in [-0.25, -0.2) is 4.39 Å². The zero-order valence-corrected chi connectivity index (χ0v) is 21.4. The van der Waals surface area contributed by atoms with Gasteiger partial charge in [-0.15, -0.1) is 11.8 Å². The number of carbonyl (C=O) groups excluding carboxylic acids is 1. The normalized spacial score (nSPS) is 45.7. The highest BCUT2D eigenvalue weighted by molar-refractivity contribution is 7.99. The molecule has 5 unspecified atom stereocenters. The van der Waals surface area contributed by atoms with Gasteiger partial charge in [-0.3, -0.25) is 4.79 Å². The minimum atomic E-state index is -1.45. The summed E-state index contributed by atoms with van der Waals surface area (Å²) in [5.74, 6) is 1.34. The van der Waals surface area contributed by atoms with Crippen molar-refractivity contribution in [3.63, 3.8) is 0 Å². The summed E-state index contributed by atoms with van der Waals surface area (Å²) in [6, 6.07) is -1.17. The van der Waals surface area contributed by atoms with E-state index in [4.69, 9.17) is 9.47 Å². The van der Waals surface area contributed by atoms with E-state index in [2.05, 4.69) is 24.5 Å². The number of ether oxygens (including phenoxy) is 2. The van der Waals surface area contributed by atoms with Crippen LogP contribution in [0.15, 0.2) is 12.2 Å². The summed E-state index contributed by atoms with van der Waals surface area (Å²) in [6.45, 7) is 5.81. The molecule has 4 aliphatic rings. The van der Waals surface area contributed by atoms with Crippen LogP contribution in [0.2, 0.25) is 0 Å². The maximum Gasteiger partial charge on any atom is 0.240 e. The molecule has 35 heavy (non-hydrogen) atoms. The average Bonchev–Trinajstić information content (AvgIpc) is 3.08. The van der Waals surface area contributed by atoms with Gasteiger partial charge in [0.25, 0.3) is 0 Å². The van der Waals surface area contributed by atoms with E-state index in [0.29, 0.717) is 31.4 Å². The Balaban J connectivity index is 1.46. The average molecular weight is 517 g/mol. The lowest BCUT2D eigenvalue weighted by molar-refractivity contribution is -0.205. The Morgan fingerprint density at radius 1 is 1.17 bits per heavy atom. The van der Waals surface area contributed by atoms with Gasteiger partial charge in [0.15, 0.2) is 0 Å². The van der Waals surface area contributed by atoms with Gasteiger partial charge in [-0.1, -0.05) is 26.0 Å².